The zero-order valence-electron chi connectivity index (χ0n) is 9.22. The number of rotatable bonds is 3. The topological polar surface area (TPSA) is 82.0 Å². The summed E-state index contributed by atoms with van der Waals surface area (Å²) in [6.07, 6.45) is 1.30. The predicted octanol–water partition coefficient (Wildman–Crippen LogP) is 1.23. The van der Waals surface area contributed by atoms with Crippen molar-refractivity contribution in [2.45, 2.75) is 0 Å². The first-order valence-electron chi connectivity index (χ1n) is 4.53. The van der Waals surface area contributed by atoms with Crippen LogP contribution < -0.4 is 0 Å². The first-order chi connectivity index (χ1) is 8.15. The third kappa shape index (κ3) is 2.56. The van der Waals surface area contributed by atoms with Crippen molar-refractivity contribution in [1.29, 1.82) is 0 Å². The average Bonchev–Trinajstić information content (AvgIpc) is 2.37. The summed E-state index contributed by atoms with van der Waals surface area (Å²) in [7, 11) is 2.34. The van der Waals surface area contributed by atoms with Crippen molar-refractivity contribution >= 4 is 23.7 Å². The highest BCUT2D eigenvalue weighted by molar-refractivity contribution is 6.06. The molecule has 17 heavy (non-hydrogen) atoms. The van der Waals surface area contributed by atoms with Crippen LogP contribution in [0.1, 0.15) is 20.7 Å². The van der Waals surface area contributed by atoms with E-state index in [0.717, 1.165) is 7.11 Å². The molecule has 6 heteroatoms. The molecule has 0 saturated carbocycles. The van der Waals surface area contributed by atoms with Crippen LogP contribution in [0.4, 0.5) is 5.69 Å². The standard InChI is InChI=1S/C11H9NO5/c1-16-10(14)7-4-3-5-8(12-6-13)9(7)11(15)17-2/h3-5H,1-2H3. The monoisotopic (exact) mass is 235 g/mol. The molecule has 1 rings (SSSR count). The molecule has 0 aliphatic heterocycles. The number of esters is 2. The Hall–Kier alpha value is -2.46. The SMILES string of the molecule is COC(=O)c1cccc(N=C=O)c1C(=O)OC. The molecule has 0 spiro atoms. The minimum Gasteiger partial charge on any atom is -0.465 e. The number of methoxy groups -OCH3 is 2. The first-order valence-corrected chi connectivity index (χ1v) is 4.53. The molecule has 1 aromatic rings. The van der Waals surface area contributed by atoms with Crippen LogP contribution in [-0.2, 0) is 14.3 Å². The van der Waals surface area contributed by atoms with E-state index in [-0.39, 0.29) is 16.8 Å². The van der Waals surface area contributed by atoms with E-state index in [1.54, 1.807) is 0 Å². The normalized spacial score (nSPS) is 9.06. The Morgan fingerprint density at radius 1 is 1.18 bits per heavy atom. The molecule has 0 aromatic heterocycles. The van der Waals surface area contributed by atoms with E-state index < -0.39 is 11.9 Å². The quantitative estimate of drug-likeness (QED) is 0.447. The van der Waals surface area contributed by atoms with Gasteiger partial charge in [0.15, 0.2) is 0 Å². The van der Waals surface area contributed by atoms with Gasteiger partial charge in [-0.1, -0.05) is 6.07 Å². The van der Waals surface area contributed by atoms with Crippen molar-refractivity contribution in [3.05, 3.63) is 29.3 Å². The minimum atomic E-state index is -0.778. The van der Waals surface area contributed by atoms with Crippen LogP contribution in [0.2, 0.25) is 0 Å². The lowest BCUT2D eigenvalue weighted by molar-refractivity contribution is 0.0556. The van der Waals surface area contributed by atoms with E-state index >= 15 is 0 Å². The summed E-state index contributed by atoms with van der Waals surface area (Å²) < 4.78 is 9.04. The van der Waals surface area contributed by atoms with Gasteiger partial charge in [-0.3, -0.25) is 0 Å². The average molecular weight is 235 g/mol. The van der Waals surface area contributed by atoms with E-state index in [9.17, 15) is 14.4 Å². The molecule has 0 unspecified atom stereocenters. The van der Waals surface area contributed by atoms with E-state index in [0.29, 0.717) is 0 Å². The Bertz CT molecular complexity index is 503. The van der Waals surface area contributed by atoms with Gasteiger partial charge in [0.25, 0.3) is 0 Å². The van der Waals surface area contributed by atoms with Gasteiger partial charge < -0.3 is 9.47 Å². The maximum absolute atomic E-state index is 11.5. The van der Waals surface area contributed by atoms with E-state index in [1.165, 1.54) is 31.4 Å². The van der Waals surface area contributed by atoms with Crippen LogP contribution in [-0.4, -0.2) is 32.2 Å². The number of nitrogens with zero attached hydrogens (tertiary/aromatic N) is 1. The lowest BCUT2D eigenvalue weighted by atomic mass is 10.1. The number of aliphatic imine (C=N–C) groups is 1. The molecule has 0 aliphatic carbocycles. The largest absolute Gasteiger partial charge is 0.465 e. The Kier molecular flexibility index (Phi) is 4.14. The van der Waals surface area contributed by atoms with Crippen molar-refractivity contribution in [2.75, 3.05) is 14.2 Å². The van der Waals surface area contributed by atoms with Crippen LogP contribution in [0.3, 0.4) is 0 Å². The number of hydrogen-bond acceptors (Lipinski definition) is 6. The summed E-state index contributed by atoms with van der Waals surface area (Å²) in [5.41, 5.74) is -0.129. The number of ether oxygens (including phenoxy) is 2. The number of benzene rings is 1. The molecule has 88 valence electrons. The summed E-state index contributed by atoms with van der Waals surface area (Å²) in [4.78, 5) is 36.5. The van der Waals surface area contributed by atoms with Gasteiger partial charge in [0.05, 0.1) is 25.5 Å². The molecule has 0 atom stereocenters. The number of hydrogen-bond donors (Lipinski definition) is 0. The number of carbonyl (C=O) groups excluding carboxylic acids is 3. The molecule has 0 amide bonds. The summed E-state index contributed by atoms with van der Waals surface area (Å²) in [6, 6.07) is 4.24. The molecule has 0 N–H and O–H groups in total. The van der Waals surface area contributed by atoms with Gasteiger partial charge in [-0.05, 0) is 12.1 Å². The third-order valence-electron chi connectivity index (χ3n) is 2.00. The molecule has 0 heterocycles. The zero-order valence-corrected chi connectivity index (χ0v) is 9.22. The van der Waals surface area contributed by atoms with E-state index in [1.807, 2.05) is 0 Å². The second kappa shape index (κ2) is 5.58. The van der Waals surface area contributed by atoms with Gasteiger partial charge in [0.1, 0.15) is 5.56 Å². The number of carbonyl (C=O) groups is 2. The molecule has 1 aromatic carbocycles. The Morgan fingerprint density at radius 3 is 2.35 bits per heavy atom. The van der Waals surface area contributed by atoms with Crippen LogP contribution in [0.15, 0.2) is 23.2 Å². The van der Waals surface area contributed by atoms with Gasteiger partial charge >= 0.3 is 11.9 Å². The van der Waals surface area contributed by atoms with Gasteiger partial charge in [-0.25, -0.2) is 14.4 Å². The van der Waals surface area contributed by atoms with Crippen molar-refractivity contribution in [2.24, 2.45) is 4.99 Å². The summed E-state index contributed by atoms with van der Waals surface area (Å²) in [5, 5.41) is 0. The first kappa shape index (κ1) is 12.6. The molecule has 0 radical (unpaired) electrons. The maximum Gasteiger partial charge on any atom is 0.340 e. The molecule has 0 saturated heterocycles. The maximum atomic E-state index is 11.5. The van der Waals surface area contributed by atoms with Gasteiger partial charge in [0, 0.05) is 0 Å². The van der Waals surface area contributed by atoms with Crippen molar-refractivity contribution in [3.63, 3.8) is 0 Å². The zero-order chi connectivity index (χ0) is 12.8. The van der Waals surface area contributed by atoms with Crippen LogP contribution in [0.5, 0.6) is 0 Å². The van der Waals surface area contributed by atoms with Crippen LogP contribution in [0.25, 0.3) is 0 Å². The van der Waals surface area contributed by atoms with Crippen LogP contribution in [0, 0.1) is 0 Å². The molecule has 0 aliphatic rings. The van der Waals surface area contributed by atoms with Gasteiger partial charge in [-0.15, -0.1) is 0 Å². The van der Waals surface area contributed by atoms with Crippen molar-refractivity contribution in [3.8, 4) is 0 Å². The summed E-state index contributed by atoms with van der Waals surface area (Å²) in [6.45, 7) is 0. The van der Waals surface area contributed by atoms with Gasteiger partial charge in [-0.2, -0.15) is 4.99 Å². The Morgan fingerprint density at radius 2 is 1.82 bits per heavy atom. The number of isocyanates is 1. The molecular weight excluding hydrogens is 226 g/mol. The highest BCUT2D eigenvalue weighted by Crippen LogP contribution is 2.24. The van der Waals surface area contributed by atoms with Gasteiger partial charge in [0.2, 0.25) is 6.08 Å². The fraction of sp³-hybridized carbons (Fsp3) is 0.182. The minimum absolute atomic E-state index is 0.00903. The molecular formula is C11H9NO5. The summed E-state index contributed by atoms with van der Waals surface area (Å²) in [5.74, 6) is -1.49. The predicted molar refractivity (Wildman–Crippen MR) is 56.9 cm³/mol. The van der Waals surface area contributed by atoms with Crippen LogP contribution >= 0.6 is 0 Å². The fourth-order valence-electron chi connectivity index (χ4n) is 1.28. The van der Waals surface area contributed by atoms with Crippen molar-refractivity contribution in [1.82, 2.24) is 0 Å². The molecule has 0 bridgehead atoms. The second-order valence-electron chi connectivity index (χ2n) is 2.89. The lowest BCUT2D eigenvalue weighted by Crippen LogP contribution is -2.11. The Balaban J connectivity index is 3.49. The third-order valence-corrected chi connectivity index (χ3v) is 2.00. The second-order valence-corrected chi connectivity index (χ2v) is 2.89. The molecule has 0 fully saturated rings. The lowest BCUT2D eigenvalue weighted by Gasteiger charge is -2.07. The fourth-order valence-corrected chi connectivity index (χ4v) is 1.28. The highest BCUT2D eigenvalue weighted by Gasteiger charge is 2.21. The summed E-state index contributed by atoms with van der Waals surface area (Å²) >= 11 is 0. The smallest absolute Gasteiger partial charge is 0.340 e. The highest BCUT2D eigenvalue weighted by atomic mass is 16.5. The molecule has 6 nitrogen and oxygen atoms in total. The van der Waals surface area contributed by atoms with E-state index in [4.69, 9.17) is 0 Å². The van der Waals surface area contributed by atoms with E-state index in [2.05, 4.69) is 14.5 Å². The Labute approximate surface area is 96.9 Å². The van der Waals surface area contributed by atoms with Crippen molar-refractivity contribution < 1.29 is 23.9 Å².